The molecule has 0 bridgehead atoms. The molecule has 2 heterocycles. The predicted octanol–water partition coefficient (Wildman–Crippen LogP) is 2.94. The molecule has 16 heavy (non-hydrogen) atoms. The van der Waals surface area contributed by atoms with Crippen LogP contribution in [0.5, 0.6) is 0 Å². The third kappa shape index (κ3) is 2.59. The summed E-state index contributed by atoms with van der Waals surface area (Å²) in [6.45, 7) is 2.63. The van der Waals surface area contributed by atoms with Crippen molar-refractivity contribution in [1.82, 2.24) is 4.98 Å². The molecular weight excluding hydrogens is 218 g/mol. The molecule has 3 nitrogen and oxygen atoms in total. The second-order valence-corrected chi connectivity index (χ2v) is 4.26. The van der Waals surface area contributed by atoms with Gasteiger partial charge in [0, 0.05) is 12.2 Å². The average Bonchev–Trinajstić information content (AvgIpc) is 2.78. The Labute approximate surface area is 98.4 Å². The summed E-state index contributed by atoms with van der Waals surface area (Å²) >= 11 is 1.67. The van der Waals surface area contributed by atoms with E-state index in [4.69, 9.17) is 5.26 Å². The number of nitrogens with zero attached hydrogens (tertiary/aromatic N) is 2. The SMILES string of the molecule is Cc1cc(C#N)cc(NCc2ccsc2)n1. The fourth-order valence-corrected chi connectivity index (χ4v) is 2.08. The lowest BCUT2D eigenvalue weighted by Crippen LogP contribution is -2.01. The summed E-state index contributed by atoms with van der Waals surface area (Å²) in [7, 11) is 0. The Morgan fingerprint density at radius 1 is 1.50 bits per heavy atom. The molecule has 0 fully saturated rings. The second kappa shape index (κ2) is 4.77. The number of rotatable bonds is 3. The Balaban J connectivity index is 2.10. The van der Waals surface area contributed by atoms with Crippen LogP contribution in [-0.4, -0.2) is 4.98 Å². The first-order valence-electron chi connectivity index (χ1n) is 4.91. The van der Waals surface area contributed by atoms with Gasteiger partial charge < -0.3 is 5.32 Å². The normalized spacial score (nSPS) is 9.75. The summed E-state index contributed by atoms with van der Waals surface area (Å²) in [6.07, 6.45) is 0. The monoisotopic (exact) mass is 229 g/mol. The molecule has 2 aromatic rings. The molecule has 1 N–H and O–H groups in total. The molecule has 4 heteroatoms. The van der Waals surface area contributed by atoms with E-state index < -0.39 is 0 Å². The Hall–Kier alpha value is -1.86. The lowest BCUT2D eigenvalue weighted by Gasteiger charge is -2.05. The van der Waals surface area contributed by atoms with Crippen LogP contribution in [-0.2, 0) is 6.54 Å². The molecule has 0 aliphatic heterocycles. The highest BCUT2D eigenvalue weighted by Gasteiger charge is 1.99. The second-order valence-electron chi connectivity index (χ2n) is 3.48. The van der Waals surface area contributed by atoms with Crippen molar-refractivity contribution in [1.29, 1.82) is 5.26 Å². The van der Waals surface area contributed by atoms with Gasteiger partial charge in [-0.2, -0.15) is 16.6 Å². The molecule has 0 spiro atoms. The van der Waals surface area contributed by atoms with Crippen molar-refractivity contribution in [2.75, 3.05) is 5.32 Å². The summed E-state index contributed by atoms with van der Waals surface area (Å²) in [5, 5.41) is 16.2. The summed E-state index contributed by atoms with van der Waals surface area (Å²) in [5.74, 6) is 0.753. The number of hydrogen-bond acceptors (Lipinski definition) is 4. The maximum absolute atomic E-state index is 8.83. The molecule has 0 unspecified atom stereocenters. The molecule has 0 atom stereocenters. The number of pyridine rings is 1. The maximum atomic E-state index is 8.83. The van der Waals surface area contributed by atoms with E-state index in [1.54, 1.807) is 23.5 Å². The summed E-state index contributed by atoms with van der Waals surface area (Å²) in [6, 6.07) is 7.73. The number of aryl methyl sites for hydroxylation is 1. The minimum atomic E-state index is 0.639. The summed E-state index contributed by atoms with van der Waals surface area (Å²) in [4.78, 5) is 4.32. The average molecular weight is 229 g/mol. The zero-order valence-electron chi connectivity index (χ0n) is 8.90. The van der Waals surface area contributed by atoms with E-state index in [9.17, 15) is 0 Å². The van der Waals surface area contributed by atoms with Crippen LogP contribution in [0.25, 0.3) is 0 Å². The number of thiophene rings is 1. The predicted molar refractivity (Wildman–Crippen MR) is 65.3 cm³/mol. The van der Waals surface area contributed by atoms with Gasteiger partial charge in [0.05, 0.1) is 11.6 Å². The number of anilines is 1. The van der Waals surface area contributed by atoms with Gasteiger partial charge in [0.15, 0.2) is 0 Å². The van der Waals surface area contributed by atoms with Gasteiger partial charge in [0.1, 0.15) is 5.82 Å². The van der Waals surface area contributed by atoms with Crippen molar-refractivity contribution < 1.29 is 0 Å². The number of hydrogen-bond donors (Lipinski definition) is 1. The van der Waals surface area contributed by atoms with Crippen LogP contribution in [0.2, 0.25) is 0 Å². The molecule has 0 saturated heterocycles. The van der Waals surface area contributed by atoms with Gasteiger partial charge in [-0.3, -0.25) is 0 Å². The van der Waals surface area contributed by atoms with Gasteiger partial charge in [-0.1, -0.05) is 0 Å². The Morgan fingerprint density at radius 2 is 2.38 bits per heavy atom. The smallest absolute Gasteiger partial charge is 0.127 e. The highest BCUT2D eigenvalue weighted by Crippen LogP contribution is 2.12. The van der Waals surface area contributed by atoms with Crippen LogP contribution in [0, 0.1) is 18.3 Å². The molecule has 2 aromatic heterocycles. The zero-order valence-corrected chi connectivity index (χ0v) is 9.71. The van der Waals surface area contributed by atoms with Crippen molar-refractivity contribution in [2.24, 2.45) is 0 Å². The fraction of sp³-hybridized carbons (Fsp3) is 0.167. The molecule has 2 rings (SSSR count). The first-order valence-corrected chi connectivity index (χ1v) is 5.86. The standard InChI is InChI=1S/C12H11N3S/c1-9-4-11(6-13)5-12(15-9)14-7-10-2-3-16-8-10/h2-5,8H,7H2,1H3,(H,14,15). The molecule has 0 aliphatic rings. The number of aromatic nitrogens is 1. The maximum Gasteiger partial charge on any atom is 0.127 e. The largest absolute Gasteiger partial charge is 0.366 e. The molecule has 0 radical (unpaired) electrons. The van der Waals surface area contributed by atoms with Crippen LogP contribution in [0.4, 0.5) is 5.82 Å². The van der Waals surface area contributed by atoms with Gasteiger partial charge in [0.25, 0.3) is 0 Å². The van der Waals surface area contributed by atoms with Crippen molar-refractivity contribution in [2.45, 2.75) is 13.5 Å². The Kier molecular flexibility index (Phi) is 3.18. The van der Waals surface area contributed by atoms with Crippen LogP contribution < -0.4 is 5.32 Å². The topological polar surface area (TPSA) is 48.7 Å². The third-order valence-electron chi connectivity index (χ3n) is 2.14. The lowest BCUT2D eigenvalue weighted by molar-refractivity contribution is 1.09. The first kappa shape index (κ1) is 10.7. The van der Waals surface area contributed by atoms with E-state index in [0.29, 0.717) is 5.56 Å². The van der Waals surface area contributed by atoms with E-state index in [0.717, 1.165) is 18.1 Å². The van der Waals surface area contributed by atoms with Crippen molar-refractivity contribution in [3.63, 3.8) is 0 Å². The van der Waals surface area contributed by atoms with Crippen LogP contribution >= 0.6 is 11.3 Å². The van der Waals surface area contributed by atoms with E-state index in [1.807, 2.05) is 12.3 Å². The number of nitrogens with one attached hydrogen (secondary N) is 1. The highest BCUT2D eigenvalue weighted by molar-refractivity contribution is 7.07. The highest BCUT2D eigenvalue weighted by atomic mass is 32.1. The minimum Gasteiger partial charge on any atom is -0.366 e. The van der Waals surface area contributed by atoms with Crippen molar-refractivity contribution >= 4 is 17.2 Å². The van der Waals surface area contributed by atoms with Gasteiger partial charge in [0.2, 0.25) is 0 Å². The van der Waals surface area contributed by atoms with Gasteiger partial charge in [-0.25, -0.2) is 4.98 Å². The quantitative estimate of drug-likeness (QED) is 0.880. The van der Waals surface area contributed by atoms with Gasteiger partial charge in [-0.15, -0.1) is 0 Å². The van der Waals surface area contributed by atoms with Crippen LogP contribution in [0.15, 0.2) is 29.0 Å². The Morgan fingerprint density at radius 3 is 3.06 bits per heavy atom. The molecule has 0 amide bonds. The van der Waals surface area contributed by atoms with E-state index in [1.165, 1.54) is 5.56 Å². The molecule has 80 valence electrons. The van der Waals surface area contributed by atoms with Gasteiger partial charge in [-0.05, 0) is 41.4 Å². The Bertz CT molecular complexity index is 512. The summed E-state index contributed by atoms with van der Waals surface area (Å²) in [5.41, 5.74) is 2.72. The molecule has 0 aromatic carbocycles. The van der Waals surface area contributed by atoms with E-state index in [-0.39, 0.29) is 0 Å². The lowest BCUT2D eigenvalue weighted by atomic mass is 10.2. The van der Waals surface area contributed by atoms with Crippen molar-refractivity contribution in [3.8, 4) is 6.07 Å². The van der Waals surface area contributed by atoms with E-state index >= 15 is 0 Å². The van der Waals surface area contributed by atoms with Crippen LogP contribution in [0.1, 0.15) is 16.8 Å². The number of nitriles is 1. The van der Waals surface area contributed by atoms with E-state index in [2.05, 4.69) is 27.8 Å². The molecule has 0 saturated carbocycles. The minimum absolute atomic E-state index is 0.639. The van der Waals surface area contributed by atoms with Crippen molar-refractivity contribution in [3.05, 3.63) is 45.8 Å². The zero-order chi connectivity index (χ0) is 11.4. The molecular formula is C12H11N3S. The third-order valence-corrected chi connectivity index (χ3v) is 2.87. The van der Waals surface area contributed by atoms with Crippen LogP contribution in [0.3, 0.4) is 0 Å². The molecule has 0 aliphatic carbocycles. The summed E-state index contributed by atoms with van der Waals surface area (Å²) < 4.78 is 0. The van der Waals surface area contributed by atoms with Gasteiger partial charge >= 0.3 is 0 Å². The fourth-order valence-electron chi connectivity index (χ4n) is 1.41. The first-order chi connectivity index (χ1) is 7.78.